The van der Waals surface area contributed by atoms with E-state index in [4.69, 9.17) is 18.9 Å². The van der Waals surface area contributed by atoms with Gasteiger partial charge in [-0.2, -0.15) is 0 Å². The maximum atomic E-state index is 5.61. The molecule has 1 atom stereocenters. The van der Waals surface area contributed by atoms with Gasteiger partial charge in [0.25, 0.3) is 0 Å². The summed E-state index contributed by atoms with van der Waals surface area (Å²) in [6, 6.07) is 5.61. The monoisotopic (exact) mass is 332 g/mol. The van der Waals surface area contributed by atoms with Gasteiger partial charge in [0.15, 0.2) is 6.29 Å². The minimum Gasteiger partial charge on any atom is -0.497 e. The van der Waals surface area contributed by atoms with Crippen LogP contribution in [-0.4, -0.2) is 33.7 Å². The largest absolute Gasteiger partial charge is 0.497 e. The van der Waals surface area contributed by atoms with Crippen LogP contribution in [0, 0.1) is 0 Å². The smallest absolute Gasteiger partial charge is 0.157 e. The van der Waals surface area contributed by atoms with Crippen molar-refractivity contribution in [3.63, 3.8) is 0 Å². The normalized spacial score (nSPS) is 12.2. The molecule has 0 bridgehead atoms. The molecule has 108 valence electrons. The van der Waals surface area contributed by atoms with Crippen molar-refractivity contribution >= 4 is 15.9 Å². The van der Waals surface area contributed by atoms with Crippen molar-refractivity contribution in [2.45, 2.75) is 26.1 Å². The van der Waals surface area contributed by atoms with E-state index in [-0.39, 0.29) is 6.29 Å². The van der Waals surface area contributed by atoms with Crippen molar-refractivity contribution in [1.29, 1.82) is 0 Å². The van der Waals surface area contributed by atoms with Gasteiger partial charge in [0.1, 0.15) is 18.1 Å². The maximum absolute atomic E-state index is 5.61. The average Bonchev–Trinajstić information content (AvgIpc) is 2.41. The molecule has 19 heavy (non-hydrogen) atoms. The molecule has 5 heteroatoms. The molecule has 0 fully saturated rings. The van der Waals surface area contributed by atoms with Crippen LogP contribution < -0.4 is 9.47 Å². The Morgan fingerprint density at radius 3 is 2.47 bits per heavy atom. The second-order valence-corrected chi connectivity index (χ2v) is 4.92. The SMILES string of the molecule is CCCC(OC)OCCOc1cc(Br)cc(OC)c1. The number of benzene rings is 1. The molecule has 4 nitrogen and oxygen atoms in total. The summed E-state index contributed by atoms with van der Waals surface area (Å²) in [4.78, 5) is 0. The number of halogens is 1. The molecule has 0 amide bonds. The molecule has 1 rings (SSSR count). The summed E-state index contributed by atoms with van der Waals surface area (Å²) >= 11 is 3.41. The number of hydrogen-bond donors (Lipinski definition) is 0. The summed E-state index contributed by atoms with van der Waals surface area (Å²) in [6.45, 7) is 3.07. The molecule has 0 heterocycles. The molecule has 0 aliphatic carbocycles. The maximum Gasteiger partial charge on any atom is 0.157 e. The molecule has 0 spiro atoms. The van der Waals surface area contributed by atoms with E-state index in [0.29, 0.717) is 13.2 Å². The van der Waals surface area contributed by atoms with Gasteiger partial charge in [-0.05, 0) is 18.6 Å². The first kappa shape index (κ1) is 16.3. The van der Waals surface area contributed by atoms with Crippen molar-refractivity contribution in [2.75, 3.05) is 27.4 Å². The first-order chi connectivity index (χ1) is 9.19. The third-order valence-electron chi connectivity index (χ3n) is 2.52. The van der Waals surface area contributed by atoms with Crippen LogP contribution in [-0.2, 0) is 9.47 Å². The van der Waals surface area contributed by atoms with Crippen LogP contribution in [0.25, 0.3) is 0 Å². The Hall–Kier alpha value is -0.780. The Morgan fingerprint density at radius 2 is 1.84 bits per heavy atom. The molecule has 0 radical (unpaired) electrons. The fourth-order valence-electron chi connectivity index (χ4n) is 1.58. The Morgan fingerprint density at radius 1 is 1.11 bits per heavy atom. The minimum absolute atomic E-state index is 0.148. The van der Waals surface area contributed by atoms with E-state index in [2.05, 4.69) is 22.9 Å². The van der Waals surface area contributed by atoms with E-state index in [1.54, 1.807) is 14.2 Å². The van der Waals surface area contributed by atoms with E-state index in [9.17, 15) is 0 Å². The standard InChI is InChI=1S/C14H21BrO4/c1-4-5-14(17-3)19-7-6-18-13-9-11(15)8-12(10-13)16-2/h8-10,14H,4-7H2,1-3H3. The first-order valence-electron chi connectivity index (χ1n) is 6.31. The predicted molar refractivity (Wildman–Crippen MR) is 77.8 cm³/mol. The quantitative estimate of drug-likeness (QED) is 0.511. The van der Waals surface area contributed by atoms with E-state index < -0.39 is 0 Å². The Kier molecular flexibility index (Phi) is 7.86. The lowest BCUT2D eigenvalue weighted by molar-refractivity contribution is -0.131. The Balaban J connectivity index is 2.34. The van der Waals surface area contributed by atoms with Gasteiger partial charge < -0.3 is 18.9 Å². The fraction of sp³-hybridized carbons (Fsp3) is 0.571. The molecule has 0 aromatic heterocycles. The van der Waals surface area contributed by atoms with Gasteiger partial charge in [-0.15, -0.1) is 0 Å². The zero-order chi connectivity index (χ0) is 14.1. The van der Waals surface area contributed by atoms with Gasteiger partial charge >= 0.3 is 0 Å². The molecule has 0 saturated heterocycles. The van der Waals surface area contributed by atoms with E-state index >= 15 is 0 Å². The first-order valence-corrected chi connectivity index (χ1v) is 7.10. The zero-order valence-electron chi connectivity index (χ0n) is 11.6. The molecule has 0 aliphatic rings. The summed E-state index contributed by atoms with van der Waals surface area (Å²) in [5.41, 5.74) is 0. The van der Waals surface area contributed by atoms with Gasteiger partial charge in [-0.3, -0.25) is 0 Å². The molecule has 0 aliphatic heterocycles. The number of hydrogen-bond acceptors (Lipinski definition) is 4. The number of ether oxygens (including phenoxy) is 4. The zero-order valence-corrected chi connectivity index (χ0v) is 13.2. The fourth-order valence-corrected chi connectivity index (χ4v) is 2.03. The summed E-state index contributed by atoms with van der Waals surface area (Å²) in [5, 5.41) is 0. The summed E-state index contributed by atoms with van der Waals surface area (Å²) < 4.78 is 22.4. The lowest BCUT2D eigenvalue weighted by Crippen LogP contribution is -2.18. The van der Waals surface area contributed by atoms with Crippen LogP contribution in [0.15, 0.2) is 22.7 Å². The highest BCUT2D eigenvalue weighted by Crippen LogP contribution is 2.26. The van der Waals surface area contributed by atoms with Crippen LogP contribution in [0.5, 0.6) is 11.5 Å². The highest BCUT2D eigenvalue weighted by Gasteiger charge is 2.06. The number of methoxy groups -OCH3 is 2. The summed E-state index contributed by atoms with van der Waals surface area (Å²) in [7, 11) is 3.28. The van der Waals surface area contributed by atoms with Crippen LogP contribution in [0.2, 0.25) is 0 Å². The molecule has 1 aromatic rings. The lowest BCUT2D eigenvalue weighted by atomic mass is 10.3. The highest BCUT2D eigenvalue weighted by molar-refractivity contribution is 9.10. The third-order valence-corrected chi connectivity index (χ3v) is 2.98. The van der Waals surface area contributed by atoms with Crippen molar-refractivity contribution in [1.82, 2.24) is 0 Å². The van der Waals surface area contributed by atoms with Crippen molar-refractivity contribution in [2.24, 2.45) is 0 Å². The minimum atomic E-state index is -0.148. The van der Waals surface area contributed by atoms with Gasteiger partial charge in [0.2, 0.25) is 0 Å². The molecular weight excluding hydrogens is 312 g/mol. The topological polar surface area (TPSA) is 36.9 Å². The molecule has 1 unspecified atom stereocenters. The van der Waals surface area contributed by atoms with Crippen molar-refractivity contribution in [3.05, 3.63) is 22.7 Å². The molecule has 0 saturated carbocycles. The number of rotatable bonds is 9. The molecular formula is C14H21BrO4. The summed E-state index contributed by atoms with van der Waals surface area (Å²) in [5.74, 6) is 1.50. The van der Waals surface area contributed by atoms with Gasteiger partial charge in [0.05, 0.1) is 13.7 Å². The Bertz CT molecular complexity index is 370. The van der Waals surface area contributed by atoms with Crippen LogP contribution in [0.3, 0.4) is 0 Å². The lowest BCUT2D eigenvalue weighted by Gasteiger charge is -2.15. The summed E-state index contributed by atoms with van der Waals surface area (Å²) in [6.07, 6.45) is 1.77. The van der Waals surface area contributed by atoms with Gasteiger partial charge in [-0.25, -0.2) is 0 Å². The van der Waals surface area contributed by atoms with E-state index in [1.807, 2.05) is 18.2 Å². The predicted octanol–water partition coefficient (Wildman–Crippen LogP) is 3.63. The second-order valence-electron chi connectivity index (χ2n) is 4.00. The van der Waals surface area contributed by atoms with Crippen molar-refractivity contribution in [3.8, 4) is 11.5 Å². The molecule has 1 aromatic carbocycles. The second kappa shape index (κ2) is 9.18. The average molecular weight is 333 g/mol. The van der Waals surface area contributed by atoms with Gasteiger partial charge in [0, 0.05) is 17.6 Å². The van der Waals surface area contributed by atoms with Crippen LogP contribution in [0.1, 0.15) is 19.8 Å². The van der Waals surface area contributed by atoms with Crippen molar-refractivity contribution < 1.29 is 18.9 Å². The third kappa shape index (κ3) is 6.27. The van der Waals surface area contributed by atoms with Crippen LogP contribution >= 0.6 is 15.9 Å². The van der Waals surface area contributed by atoms with Gasteiger partial charge in [-0.1, -0.05) is 29.3 Å². The highest BCUT2D eigenvalue weighted by atomic mass is 79.9. The van der Waals surface area contributed by atoms with E-state index in [1.165, 1.54) is 0 Å². The van der Waals surface area contributed by atoms with Crippen LogP contribution in [0.4, 0.5) is 0 Å². The molecule has 0 N–H and O–H groups in total. The Labute approximate surface area is 123 Å². The van der Waals surface area contributed by atoms with E-state index in [0.717, 1.165) is 28.8 Å².